The molecule has 0 spiro atoms. The van der Waals surface area contributed by atoms with Crippen LogP contribution in [0.1, 0.15) is 43.1 Å². The van der Waals surface area contributed by atoms with Crippen LogP contribution in [0, 0.1) is 11.2 Å². The summed E-state index contributed by atoms with van der Waals surface area (Å²) in [6.45, 7) is 2.06. The van der Waals surface area contributed by atoms with E-state index in [0.717, 1.165) is 19.3 Å². The second-order valence-corrected chi connectivity index (χ2v) is 8.50. The van der Waals surface area contributed by atoms with Crippen molar-refractivity contribution in [2.75, 3.05) is 31.2 Å². The first-order valence-electron chi connectivity index (χ1n) is 10.3. The van der Waals surface area contributed by atoms with Gasteiger partial charge in [0.2, 0.25) is 11.8 Å². The topological polar surface area (TPSA) is 80.5 Å². The minimum atomic E-state index is -0.720. The molecule has 5 rings (SSSR count). The number of hydrogen-bond donors (Lipinski definition) is 1. The van der Waals surface area contributed by atoms with Crippen molar-refractivity contribution < 1.29 is 18.4 Å². The van der Waals surface area contributed by atoms with Gasteiger partial charge in [-0.2, -0.15) is 4.98 Å². The van der Waals surface area contributed by atoms with Gasteiger partial charge in [0, 0.05) is 25.6 Å². The van der Waals surface area contributed by atoms with Crippen LogP contribution in [0.2, 0.25) is 0 Å². The third-order valence-electron chi connectivity index (χ3n) is 6.39. The summed E-state index contributed by atoms with van der Waals surface area (Å²) < 4.78 is 25.1. The summed E-state index contributed by atoms with van der Waals surface area (Å²) in [5, 5.41) is 7.21. The van der Waals surface area contributed by atoms with Crippen LogP contribution in [-0.4, -0.2) is 48.4 Å². The van der Waals surface area contributed by atoms with E-state index < -0.39 is 5.41 Å². The first-order valence-corrected chi connectivity index (χ1v) is 10.3. The fourth-order valence-electron chi connectivity index (χ4n) is 4.33. The van der Waals surface area contributed by atoms with Gasteiger partial charge in [-0.3, -0.25) is 4.79 Å². The van der Waals surface area contributed by atoms with Crippen LogP contribution in [0.15, 0.2) is 28.8 Å². The molecule has 1 amide bonds. The zero-order valence-electron chi connectivity index (χ0n) is 16.3. The number of benzene rings is 1. The summed E-state index contributed by atoms with van der Waals surface area (Å²) >= 11 is 0. The molecule has 0 radical (unpaired) electrons. The van der Waals surface area contributed by atoms with E-state index in [4.69, 9.17) is 9.26 Å². The van der Waals surface area contributed by atoms with Crippen molar-refractivity contribution >= 4 is 11.9 Å². The molecular weight excluding hydrogens is 375 g/mol. The monoisotopic (exact) mass is 400 g/mol. The van der Waals surface area contributed by atoms with Gasteiger partial charge in [-0.15, -0.1) is 0 Å². The summed E-state index contributed by atoms with van der Waals surface area (Å²) in [6, 6.07) is 6.66. The number of carbonyl (C=O) groups is 1. The Labute approximate surface area is 168 Å². The molecule has 2 aliphatic heterocycles. The molecule has 0 bridgehead atoms. The van der Waals surface area contributed by atoms with Crippen LogP contribution in [-0.2, 0) is 16.0 Å². The molecule has 29 heavy (non-hydrogen) atoms. The zero-order chi connectivity index (χ0) is 19.8. The molecular formula is C21H25FN4O3. The lowest BCUT2D eigenvalue weighted by molar-refractivity contribution is -0.133. The van der Waals surface area contributed by atoms with Gasteiger partial charge in [-0.05, 0) is 42.5 Å². The Morgan fingerprint density at radius 3 is 2.79 bits per heavy atom. The van der Waals surface area contributed by atoms with Crippen molar-refractivity contribution in [1.29, 1.82) is 0 Å². The predicted octanol–water partition coefficient (Wildman–Crippen LogP) is 2.43. The number of nitrogens with one attached hydrogen (secondary N) is 1. The molecule has 3 fully saturated rings. The highest BCUT2D eigenvalue weighted by molar-refractivity contribution is 5.86. The lowest BCUT2D eigenvalue weighted by atomic mass is 9.73. The number of hydrogen-bond acceptors (Lipinski definition) is 6. The standard InChI is InChI=1S/C21H25FN4O3/c22-17-7-2-1-4-15(17)10-21(19(27)23-16-8-9-28-11-16)12-26(13-21)20-24-18(29-25-20)14-5-3-6-14/h1-2,4,7,14,16H,3,5-6,8-13H2,(H,23,27). The molecule has 7 nitrogen and oxygen atoms in total. The second-order valence-electron chi connectivity index (χ2n) is 8.50. The number of carbonyl (C=O) groups excluding carboxylic acids is 1. The first-order chi connectivity index (χ1) is 14.1. The van der Waals surface area contributed by atoms with E-state index in [-0.39, 0.29) is 17.8 Å². The van der Waals surface area contributed by atoms with Crippen LogP contribution in [0.3, 0.4) is 0 Å². The molecule has 1 saturated carbocycles. The average Bonchev–Trinajstić information content (AvgIpc) is 3.30. The SMILES string of the molecule is O=C(NC1CCOC1)C1(Cc2ccccc2F)CN(c2noc(C3CCC3)n2)C1. The van der Waals surface area contributed by atoms with E-state index in [0.29, 0.717) is 56.0 Å². The van der Waals surface area contributed by atoms with Crippen molar-refractivity contribution in [2.45, 2.75) is 44.1 Å². The summed E-state index contributed by atoms with van der Waals surface area (Å²) in [4.78, 5) is 19.7. The Hall–Kier alpha value is -2.48. The lowest BCUT2D eigenvalue weighted by Gasteiger charge is -2.48. The van der Waals surface area contributed by atoms with Crippen LogP contribution >= 0.6 is 0 Å². The summed E-state index contributed by atoms with van der Waals surface area (Å²) in [5.74, 6) is 1.23. The molecule has 1 unspecified atom stereocenters. The molecule has 3 heterocycles. The van der Waals surface area contributed by atoms with E-state index in [1.807, 2.05) is 4.90 Å². The van der Waals surface area contributed by atoms with Crippen LogP contribution in [0.5, 0.6) is 0 Å². The molecule has 1 aromatic heterocycles. The number of anilines is 1. The molecule has 1 atom stereocenters. The molecule has 1 N–H and O–H groups in total. The molecule has 2 saturated heterocycles. The normalized spacial score (nSPS) is 23.5. The maximum atomic E-state index is 14.3. The van der Waals surface area contributed by atoms with Gasteiger partial charge in [0.25, 0.3) is 5.95 Å². The smallest absolute Gasteiger partial charge is 0.266 e. The van der Waals surface area contributed by atoms with Crippen molar-refractivity contribution in [3.05, 3.63) is 41.5 Å². The Kier molecular flexibility index (Phi) is 4.73. The summed E-state index contributed by atoms with van der Waals surface area (Å²) in [5.41, 5.74) is -0.171. The number of nitrogens with zero attached hydrogens (tertiary/aromatic N) is 3. The van der Waals surface area contributed by atoms with Crippen molar-refractivity contribution in [1.82, 2.24) is 15.5 Å². The van der Waals surface area contributed by atoms with E-state index >= 15 is 0 Å². The van der Waals surface area contributed by atoms with Gasteiger partial charge in [0.05, 0.1) is 18.1 Å². The number of amides is 1. The predicted molar refractivity (Wildman–Crippen MR) is 103 cm³/mol. The second kappa shape index (κ2) is 7.40. The Morgan fingerprint density at radius 2 is 2.10 bits per heavy atom. The van der Waals surface area contributed by atoms with E-state index in [2.05, 4.69) is 15.5 Å². The van der Waals surface area contributed by atoms with Gasteiger partial charge in [-0.1, -0.05) is 24.6 Å². The average molecular weight is 400 g/mol. The van der Waals surface area contributed by atoms with E-state index in [1.165, 1.54) is 12.5 Å². The first kappa shape index (κ1) is 18.5. The number of aromatic nitrogens is 2. The molecule has 3 aliphatic rings. The summed E-state index contributed by atoms with van der Waals surface area (Å²) in [7, 11) is 0. The molecule has 1 aliphatic carbocycles. The number of halogens is 1. The highest BCUT2D eigenvalue weighted by Crippen LogP contribution is 2.40. The Morgan fingerprint density at radius 1 is 1.28 bits per heavy atom. The highest BCUT2D eigenvalue weighted by Gasteiger charge is 2.51. The number of ether oxygens (including phenoxy) is 1. The maximum Gasteiger partial charge on any atom is 0.266 e. The Balaban J connectivity index is 1.33. The molecule has 154 valence electrons. The minimum Gasteiger partial charge on any atom is -0.379 e. The Bertz CT molecular complexity index is 886. The van der Waals surface area contributed by atoms with Crippen molar-refractivity contribution in [3.63, 3.8) is 0 Å². The molecule has 8 heteroatoms. The van der Waals surface area contributed by atoms with E-state index in [9.17, 15) is 9.18 Å². The van der Waals surface area contributed by atoms with E-state index in [1.54, 1.807) is 18.2 Å². The number of rotatable bonds is 6. The third kappa shape index (κ3) is 3.50. The van der Waals surface area contributed by atoms with Gasteiger partial charge >= 0.3 is 0 Å². The largest absolute Gasteiger partial charge is 0.379 e. The van der Waals surface area contributed by atoms with Crippen LogP contribution < -0.4 is 10.2 Å². The fraction of sp³-hybridized carbons (Fsp3) is 0.571. The third-order valence-corrected chi connectivity index (χ3v) is 6.39. The van der Waals surface area contributed by atoms with Gasteiger partial charge < -0.3 is 19.5 Å². The maximum absolute atomic E-state index is 14.3. The van der Waals surface area contributed by atoms with Gasteiger partial charge in [0.15, 0.2) is 0 Å². The molecule has 2 aromatic rings. The quantitative estimate of drug-likeness (QED) is 0.802. The van der Waals surface area contributed by atoms with Crippen molar-refractivity contribution in [2.24, 2.45) is 5.41 Å². The van der Waals surface area contributed by atoms with Crippen LogP contribution in [0.25, 0.3) is 0 Å². The van der Waals surface area contributed by atoms with Crippen LogP contribution in [0.4, 0.5) is 10.3 Å². The minimum absolute atomic E-state index is 0.0180. The zero-order valence-corrected chi connectivity index (χ0v) is 16.3. The molecule has 1 aromatic carbocycles. The fourth-order valence-corrected chi connectivity index (χ4v) is 4.33. The lowest BCUT2D eigenvalue weighted by Crippen LogP contribution is -2.65. The van der Waals surface area contributed by atoms with Gasteiger partial charge in [0.1, 0.15) is 5.82 Å². The van der Waals surface area contributed by atoms with Crippen molar-refractivity contribution in [3.8, 4) is 0 Å². The van der Waals surface area contributed by atoms with Gasteiger partial charge in [-0.25, -0.2) is 4.39 Å². The summed E-state index contributed by atoms with van der Waals surface area (Å²) in [6.07, 6.45) is 4.52. The highest BCUT2D eigenvalue weighted by atomic mass is 19.1.